The van der Waals surface area contributed by atoms with Gasteiger partial charge in [0.1, 0.15) is 17.3 Å². The number of alkyl halides is 3. The van der Waals surface area contributed by atoms with E-state index in [9.17, 15) is 22.4 Å². The van der Waals surface area contributed by atoms with Crippen LogP contribution in [0.1, 0.15) is 30.6 Å². The second kappa shape index (κ2) is 11.3. The lowest BCUT2D eigenvalue weighted by Crippen LogP contribution is -2.24. The molecule has 2 aromatic carbocycles. The predicted molar refractivity (Wildman–Crippen MR) is 138 cm³/mol. The number of carbonyl (C=O) groups is 1. The summed E-state index contributed by atoms with van der Waals surface area (Å²) in [4.78, 5) is 25.6. The van der Waals surface area contributed by atoms with Crippen LogP contribution in [0.15, 0.2) is 67.1 Å². The summed E-state index contributed by atoms with van der Waals surface area (Å²) in [7, 11) is 1.18. The van der Waals surface area contributed by atoms with E-state index in [2.05, 4.69) is 25.1 Å². The summed E-state index contributed by atoms with van der Waals surface area (Å²) in [6.07, 6.45) is -1.26. The molecule has 0 amide bonds. The highest BCUT2D eigenvalue weighted by Crippen LogP contribution is 2.39. The third-order valence-electron chi connectivity index (χ3n) is 6.10. The molecule has 41 heavy (non-hydrogen) atoms. The zero-order valence-electron chi connectivity index (χ0n) is 21.8. The molecule has 0 bridgehead atoms. The fourth-order valence-corrected chi connectivity index (χ4v) is 4.16. The second-order valence-corrected chi connectivity index (χ2v) is 8.88. The summed E-state index contributed by atoms with van der Waals surface area (Å²) < 4.78 is 67.5. The number of nitrogens with zero attached hydrogens (tertiary/aromatic N) is 6. The molecule has 1 atom stereocenters. The Balaban J connectivity index is 1.50. The first-order chi connectivity index (χ1) is 19.7. The Hall–Kier alpha value is -4.94. The standard InChI is InChI=1S/C28H22F4N6O3/c1-3-12-41-16-8-9-17(19(13-16)28(30,31)32)21-10-11-22(37-36-21)24(27(39)40-2)38-14-23-26(33-15-38)35-25(34-23)18-6-4-5-7-20(18)29/h4-11,13-15,24H,3,12H2,1-2H3. The molecule has 3 heterocycles. The molecule has 2 aliphatic heterocycles. The van der Waals surface area contributed by atoms with E-state index in [-0.39, 0.29) is 52.2 Å². The predicted octanol–water partition coefficient (Wildman–Crippen LogP) is 5.61. The van der Waals surface area contributed by atoms with Gasteiger partial charge in [0.15, 0.2) is 17.7 Å². The van der Waals surface area contributed by atoms with Crippen LogP contribution in [0.3, 0.4) is 0 Å². The molecule has 2 aliphatic rings. The van der Waals surface area contributed by atoms with Gasteiger partial charge in [-0.3, -0.25) is 0 Å². The Morgan fingerprint density at radius 3 is 2.46 bits per heavy atom. The number of esters is 1. The lowest BCUT2D eigenvalue weighted by Gasteiger charge is -2.18. The van der Waals surface area contributed by atoms with Crippen molar-refractivity contribution in [3.8, 4) is 39.9 Å². The Labute approximate surface area is 231 Å². The number of fused-ring (bicyclic) bond motifs is 1. The quantitative estimate of drug-likeness (QED) is 0.176. The molecule has 0 saturated heterocycles. The highest BCUT2D eigenvalue weighted by atomic mass is 19.4. The fraction of sp³-hybridized carbons (Fsp3) is 0.214. The Bertz CT molecular complexity index is 1660. The smallest absolute Gasteiger partial charge is 0.417 e. The molecule has 0 radical (unpaired) electrons. The molecule has 0 aliphatic carbocycles. The van der Waals surface area contributed by atoms with Gasteiger partial charge in [0.05, 0.1) is 42.6 Å². The van der Waals surface area contributed by atoms with Crippen molar-refractivity contribution in [2.24, 2.45) is 0 Å². The molecule has 0 N–H and O–H groups in total. The first-order valence-corrected chi connectivity index (χ1v) is 12.4. The number of benzene rings is 2. The van der Waals surface area contributed by atoms with Crippen LogP contribution in [-0.4, -0.2) is 49.4 Å². The number of halogens is 4. The van der Waals surface area contributed by atoms with Crippen LogP contribution in [-0.2, 0) is 15.7 Å². The number of imidazole rings is 1. The highest BCUT2D eigenvalue weighted by Gasteiger charge is 2.35. The van der Waals surface area contributed by atoms with Crippen molar-refractivity contribution in [2.45, 2.75) is 25.6 Å². The monoisotopic (exact) mass is 566 g/mol. The number of hydrogen-bond acceptors (Lipinski definition) is 8. The third-order valence-corrected chi connectivity index (χ3v) is 6.10. The van der Waals surface area contributed by atoms with E-state index in [0.29, 0.717) is 6.42 Å². The number of carbonyl (C=O) groups excluding carboxylic acids is 1. The van der Waals surface area contributed by atoms with E-state index in [1.165, 1.54) is 60.6 Å². The molecule has 13 heteroatoms. The minimum absolute atomic E-state index is 0.0539. The Morgan fingerprint density at radius 1 is 0.976 bits per heavy atom. The van der Waals surface area contributed by atoms with Crippen LogP contribution in [0, 0.1) is 5.82 Å². The van der Waals surface area contributed by atoms with E-state index in [1.54, 1.807) is 12.1 Å². The van der Waals surface area contributed by atoms with E-state index in [1.807, 2.05) is 6.92 Å². The summed E-state index contributed by atoms with van der Waals surface area (Å²) in [5.41, 5.74) is -0.643. The first kappa shape index (κ1) is 27.6. The van der Waals surface area contributed by atoms with Crippen LogP contribution in [0.4, 0.5) is 17.6 Å². The lowest BCUT2D eigenvalue weighted by molar-refractivity contribution is -0.143. The topological polar surface area (TPSA) is 105 Å². The Kier molecular flexibility index (Phi) is 7.60. The molecule has 1 unspecified atom stereocenters. The molecule has 5 rings (SSSR count). The number of aromatic nitrogens is 6. The molecule has 0 fully saturated rings. The third kappa shape index (κ3) is 5.69. The maximum absolute atomic E-state index is 14.2. The van der Waals surface area contributed by atoms with Crippen molar-refractivity contribution >= 4 is 5.97 Å². The summed E-state index contributed by atoms with van der Waals surface area (Å²) in [5.74, 6) is -0.814. The number of ether oxygens (including phenoxy) is 2. The number of hydrogen-bond donors (Lipinski definition) is 0. The minimum atomic E-state index is -4.67. The molecule has 0 spiro atoms. The summed E-state index contributed by atoms with van der Waals surface area (Å²) in [6, 6.07) is 11.1. The van der Waals surface area contributed by atoms with Gasteiger partial charge in [0, 0.05) is 11.8 Å². The van der Waals surface area contributed by atoms with Gasteiger partial charge < -0.3 is 14.0 Å². The van der Waals surface area contributed by atoms with Crippen LogP contribution < -0.4 is 4.74 Å². The minimum Gasteiger partial charge on any atom is -0.494 e. The van der Waals surface area contributed by atoms with Gasteiger partial charge in [-0.25, -0.2) is 24.1 Å². The first-order valence-electron chi connectivity index (χ1n) is 12.4. The van der Waals surface area contributed by atoms with Gasteiger partial charge in [-0.2, -0.15) is 23.4 Å². The zero-order valence-corrected chi connectivity index (χ0v) is 21.8. The molecule has 1 aromatic heterocycles. The average Bonchev–Trinajstić information content (AvgIpc) is 3.39. The van der Waals surface area contributed by atoms with Gasteiger partial charge in [-0.05, 0) is 48.9 Å². The van der Waals surface area contributed by atoms with E-state index >= 15 is 0 Å². The van der Waals surface area contributed by atoms with E-state index < -0.39 is 29.6 Å². The van der Waals surface area contributed by atoms with Crippen LogP contribution in [0.5, 0.6) is 5.75 Å². The van der Waals surface area contributed by atoms with Gasteiger partial charge in [0.25, 0.3) is 0 Å². The molecule has 210 valence electrons. The fourth-order valence-electron chi connectivity index (χ4n) is 4.16. The van der Waals surface area contributed by atoms with Crippen molar-refractivity contribution < 1.29 is 31.8 Å². The van der Waals surface area contributed by atoms with E-state index in [0.717, 1.165) is 6.07 Å². The van der Waals surface area contributed by atoms with E-state index in [4.69, 9.17) is 9.47 Å². The maximum Gasteiger partial charge on any atom is 0.417 e. The van der Waals surface area contributed by atoms with Crippen LogP contribution in [0.25, 0.3) is 34.2 Å². The lowest BCUT2D eigenvalue weighted by atomic mass is 10.0. The van der Waals surface area contributed by atoms with Crippen molar-refractivity contribution in [1.82, 2.24) is 29.7 Å². The second-order valence-electron chi connectivity index (χ2n) is 8.88. The average molecular weight is 567 g/mol. The Morgan fingerprint density at radius 2 is 1.78 bits per heavy atom. The van der Waals surface area contributed by atoms with Gasteiger partial charge >= 0.3 is 12.1 Å². The largest absolute Gasteiger partial charge is 0.494 e. The van der Waals surface area contributed by atoms with Crippen molar-refractivity contribution in [1.29, 1.82) is 0 Å². The van der Waals surface area contributed by atoms with Crippen LogP contribution in [0.2, 0.25) is 0 Å². The summed E-state index contributed by atoms with van der Waals surface area (Å²) in [6.45, 7) is 2.12. The SMILES string of the molecule is CCCOc1ccc(-c2ccc(C(C(=O)OC)n3cnc4nc(-c5ccccc5F)nc-4c3)nn2)c(C(F)(F)F)c1. The van der Waals surface area contributed by atoms with Crippen molar-refractivity contribution in [3.63, 3.8) is 0 Å². The molecular formula is C28H22F4N6O3. The van der Waals surface area contributed by atoms with Gasteiger partial charge in [-0.15, -0.1) is 0 Å². The molecule has 9 nitrogen and oxygen atoms in total. The molecule has 0 saturated carbocycles. The zero-order chi connectivity index (χ0) is 29.1. The van der Waals surface area contributed by atoms with Gasteiger partial charge in [-0.1, -0.05) is 19.1 Å². The van der Waals surface area contributed by atoms with Gasteiger partial charge in [0.2, 0.25) is 0 Å². The summed E-state index contributed by atoms with van der Waals surface area (Å²) >= 11 is 0. The summed E-state index contributed by atoms with van der Waals surface area (Å²) in [5, 5.41) is 8.05. The highest BCUT2D eigenvalue weighted by molar-refractivity contribution is 5.78. The molecule has 3 aromatic rings. The van der Waals surface area contributed by atoms with Crippen LogP contribution >= 0.6 is 0 Å². The van der Waals surface area contributed by atoms with Crippen molar-refractivity contribution in [3.05, 3.63) is 84.2 Å². The molecular weight excluding hydrogens is 544 g/mol. The number of rotatable bonds is 8. The number of methoxy groups -OCH3 is 1. The maximum atomic E-state index is 14.2. The van der Waals surface area contributed by atoms with Crippen molar-refractivity contribution in [2.75, 3.05) is 13.7 Å². The normalized spacial score (nSPS) is 12.3.